The van der Waals surface area contributed by atoms with Crippen LogP contribution in [0.4, 0.5) is 5.69 Å². The number of imide groups is 1. The van der Waals surface area contributed by atoms with Crippen LogP contribution in [0.25, 0.3) is 0 Å². The summed E-state index contributed by atoms with van der Waals surface area (Å²) in [5, 5.41) is 6.47. The van der Waals surface area contributed by atoms with Gasteiger partial charge in [-0.05, 0) is 36.2 Å². The molecule has 4 N–H and O–H groups in total. The van der Waals surface area contributed by atoms with Crippen molar-refractivity contribution in [1.29, 1.82) is 0 Å². The van der Waals surface area contributed by atoms with Gasteiger partial charge in [0.05, 0.1) is 24.1 Å². The normalized spacial score (nSPS) is 28.0. The number of hydrogen-bond acceptors (Lipinski definition) is 7. The highest BCUT2D eigenvalue weighted by Crippen LogP contribution is 2.54. The lowest BCUT2D eigenvalue weighted by molar-refractivity contribution is -0.143. The van der Waals surface area contributed by atoms with Gasteiger partial charge in [0.1, 0.15) is 5.54 Å². The molecule has 10 nitrogen and oxygen atoms in total. The molecular formula is C24H21ClN4O6. The lowest BCUT2D eigenvalue weighted by Crippen LogP contribution is -2.53. The Morgan fingerprint density at radius 2 is 1.94 bits per heavy atom. The van der Waals surface area contributed by atoms with Crippen molar-refractivity contribution < 1.29 is 28.7 Å². The molecule has 180 valence electrons. The Morgan fingerprint density at radius 1 is 1.17 bits per heavy atom. The zero-order valence-corrected chi connectivity index (χ0v) is 19.3. The highest BCUT2D eigenvalue weighted by atomic mass is 35.5. The Hall–Kier alpha value is -3.63. The number of nitrogens with two attached hydrogens (primary N) is 1. The van der Waals surface area contributed by atoms with Gasteiger partial charge < -0.3 is 20.5 Å². The minimum Gasteiger partial charge on any atom is -0.454 e. The van der Waals surface area contributed by atoms with Gasteiger partial charge in [-0.1, -0.05) is 23.7 Å². The van der Waals surface area contributed by atoms with Gasteiger partial charge in [-0.25, -0.2) is 0 Å². The van der Waals surface area contributed by atoms with Crippen molar-refractivity contribution in [2.24, 2.45) is 17.6 Å². The number of anilines is 1. The zero-order chi connectivity index (χ0) is 24.6. The Kier molecular flexibility index (Phi) is 4.64. The SMILES string of the molecule is Cc1c(Cl)ccc2c1NC(=O)[C@]21N[C@@H](CC(N)=O)[C@H]2C(=O)N(Cc3ccc4c(c3)OCO4)C(=O)[C@H]21. The lowest BCUT2D eigenvalue weighted by Gasteiger charge is -2.29. The first kappa shape index (κ1) is 21.9. The molecule has 2 aromatic rings. The summed E-state index contributed by atoms with van der Waals surface area (Å²) in [6, 6.07) is 7.73. The van der Waals surface area contributed by atoms with Crippen molar-refractivity contribution in [1.82, 2.24) is 10.2 Å². The molecule has 2 saturated heterocycles. The molecule has 0 saturated carbocycles. The Balaban J connectivity index is 1.43. The molecule has 0 unspecified atom stereocenters. The number of hydrogen-bond donors (Lipinski definition) is 3. The lowest BCUT2D eigenvalue weighted by atomic mass is 9.76. The van der Waals surface area contributed by atoms with Gasteiger partial charge in [-0.15, -0.1) is 0 Å². The van der Waals surface area contributed by atoms with Crippen molar-refractivity contribution in [3.05, 3.63) is 52.0 Å². The van der Waals surface area contributed by atoms with Crippen LogP contribution in [-0.4, -0.2) is 41.4 Å². The molecular weight excluding hydrogens is 476 g/mol. The predicted molar refractivity (Wildman–Crippen MR) is 122 cm³/mol. The van der Waals surface area contributed by atoms with Crippen LogP contribution in [0.15, 0.2) is 30.3 Å². The van der Waals surface area contributed by atoms with Gasteiger partial charge in [0.15, 0.2) is 11.5 Å². The van der Waals surface area contributed by atoms with E-state index in [1.165, 1.54) is 0 Å². The standard InChI is InChI=1S/C24H21ClN4O6/c1-10-13(25)4-3-12-20(10)27-23(33)24(12)19-18(14(28-24)7-17(26)30)21(31)29(22(19)32)8-11-2-5-15-16(6-11)35-9-34-15/h2-6,14,18-19,28H,7-9H2,1H3,(H2,26,30)(H,27,33)/t14-,18+,19-,24-/m0/s1. The van der Waals surface area contributed by atoms with E-state index in [9.17, 15) is 19.2 Å². The van der Waals surface area contributed by atoms with E-state index in [0.717, 1.165) is 4.90 Å². The number of amides is 4. The average molecular weight is 497 g/mol. The number of nitrogens with one attached hydrogen (secondary N) is 2. The minimum absolute atomic E-state index is 0.00516. The first-order valence-electron chi connectivity index (χ1n) is 11.1. The summed E-state index contributed by atoms with van der Waals surface area (Å²) in [5.41, 5.74) is 6.30. The highest BCUT2D eigenvalue weighted by molar-refractivity contribution is 6.32. The molecule has 4 aliphatic heterocycles. The van der Waals surface area contributed by atoms with Crippen molar-refractivity contribution >= 4 is 40.9 Å². The van der Waals surface area contributed by atoms with E-state index in [4.69, 9.17) is 26.8 Å². The van der Waals surface area contributed by atoms with Gasteiger partial charge in [-0.3, -0.25) is 29.4 Å². The number of ether oxygens (including phenoxy) is 2. The average Bonchev–Trinajstić information content (AvgIpc) is 3.53. The first-order valence-corrected chi connectivity index (χ1v) is 11.5. The fraction of sp³-hybridized carbons (Fsp3) is 0.333. The summed E-state index contributed by atoms with van der Waals surface area (Å²) in [6.45, 7) is 1.86. The van der Waals surface area contributed by atoms with Crippen LogP contribution < -0.4 is 25.8 Å². The van der Waals surface area contributed by atoms with Crippen LogP contribution in [0.5, 0.6) is 11.5 Å². The second kappa shape index (κ2) is 7.43. The predicted octanol–water partition coefficient (Wildman–Crippen LogP) is 1.17. The van der Waals surface area contributed by atoms with Crippen LogP contribution in [0, 0.1) is 18.8 Å². The maximum atomic E-state index is 13.8. The van der Waals surface area contributed by atoms with Crippen molar-refractivity contribution in [2.75, 3.05) is 12.1 Å². The third kappa shape index (κ3) is 2.93. The molecule has 0 radical (unpaired) electrons. The summed E-state index contributed by atoms with van der Waals surface area (Å²) in [6.07, 6.45) is -0.199. The summed E-state index contributed by atoms with van der Waals surface area (Å²) >= 11 is 6.27. The van der Waals surface area contributed by atoms with Crippen molar-refractivity contribution in [2.45, 2.75) is 31.5 Å². The molecule has 0 bridgehead atoms. The van der Waals surface area contributed by atoms with Gasteiger partial charge in [-0.2, -0.15) is 0 Å². The second-order valence-corrected chi connectivity index (χ2v) is 9.64. The van der Waals surface area contributed by atoms with E-state index < -0.39 is 47.0 Å². The molecule has 4 amide bonds. The summed E-state index contributed by atoms with van der Waals surface area (Å²) in [7, 11) is 0. The third-order valence-electron chi connectivity index (χ3n) is 7.37. The number of primary amides is 1. The maximum absolute atomic E-state index is 13.8. The van der Waals surface area contributed by atoms with E-state index in [2.05, 4.69) is 10.6 Å². The molecule has 11 heteroatoms. The number of nitrogens with zero attached hydrogens (tertiary/aromatic N) is 1. The topological polar surface area (TPSA) is 140 Å². The van der Waals surface area contributed by atoms with E-state index in [0.29, 0.717) is 38.9 Å². The van der Waals surface area contributed by atoms with Crippen LogP contribution in [0.1, 0.15) is 23.1 Å². The van der Waals surface area contributed by atoms with E-state index in [1.54, 1.807) is 37.3 Å². The molecule has 4 heterocycles. The Morgan fingerprint density at radius 3 is 2.71 bits per heavy atom. The maximum Gasteiger partial charge on any atom is 0.250 e. The number of carbonyl (C=O) groups is 4. The molecule has 2 aromatic carbocycles. The zero-order valence-electron chi connectivity index (χ0n) is 18.6. The molecule has 6 rings (SSSR count). The highest BCUT2D eigenvalue weighted by Gasteiger charge is 2.70. The third-order valence-corrected chi connectivity index (χ3v) is 7.78. The molecule has 4 aliphatic rings. The smallest absolute Gasteiger partial charge is 0.250 e. The number of fused-ring (bicyclic) bond motifs is 5. The Labute approximate surface area is 204 Å². The monoisotopic (exact) mass is 496 g/mol. The van der Waals surface area contributed by atoms with Crippen LogP contribution >= 0.6 is 11.6 Å². The molecule has 0 aliphatic carbocycles. The minimum atomic E-state index is -1.52. The Bertz CT molecular complexity index is 1350. The summed E-state index contributed by atoms with van der Waals surface area (Å²) in [5.74, 6) is -2.92. The van der Waals surface area contributed by atoms with E-state index >= 15 is 0 Å². The van der Waals surface area contributed by atoms with Crippen LogP contribution in [-0.2, 0) is 31.3 Å². The van der Waals surface area contributed by atoms with Gasteiger partial charge in [0, 0.05) is 23.0 Å². The van der Waals surface area contributed by atoms with Gasteiger partial charge >= 0.3 is 0 Å². The molecule has 35 heavy (non-hydrogen) atoms. The largest absolute Gasteiger partial charge is 0.454 e. The first-order chi connectivity index (χ1) is 16.7. The summed E-state index contributed by atoms with van der Waals surface area (Å²) < 4.78 is 10.7. The fourth-order valence-electron chi connectivity index (χ4n) is 5.82. The van der Waals surface area contributed by atoms with E-state index in [1.807, 2.05) is 0 Å². The molecule has 0 aromatic heterocycles. The van der Waals surface area contributed by atoms with Crippen LogP contribution in [0.2, 0.25) is 5.02 Å². The number of rotatable bonds is 4. The van der Waals surface area contributed by atoms with Crippen molar-refractivity contribution in [3.8, 4) is 11.5 Å². The molecule has 2 fully saturated rings. The number of carbonyl (C=O) groups excluding carboxylic acids is 4. The number of likely N-dealkylation sites (tertiary alicyclic amines) is 1. The quantitative estimate of drug-likeness (QED) is 0.540. The molecule has 1 spiro atoms. The second-order valence-electron chi connectivity index (χ2n) is 9.23. The fourth-order valence-corrected chi connectivity index (χ4v) is 5.98. The van der Waals surface area contributed by atoms with Gasteiger partial charge in [0.25, 0.3) is 0 Å². The van der Waals surface area contributed by atoms with Crippen LogP contribution in [0.3, 0.4) is 0 Å². The summed E-state index contributed by atoms with van der Waals surface area (Å²) in [4.78, 5) is 53.9. The van der Waals surface area contributed by atoms with E-state index in [-0.39, 0.29) is 19.8 Å². The molecule has 4 atom stereocenters. The van der Waals surface area contributed by atoms with Gasteiger partial charge in [0.2, 0.25) is 30.4 Å². The number of halogens is 1. The number of benzene rings is 2. The van der Waals surface area contributed by atoms with Crippen molar-refractivity contribution in [3.63, 3.8) is 0 Å².